The van der Waals surface area contributed by atoms with Crippen molar-refractivity contribution in [1.29, 1.82) is 0 Å². The number of benzene rings is 1. The number of sulfonamides is 1. The highest BCUT2D eigenvalue weighted by Gasteiger charge is 2.30. The predicted molar refractivity (Wildman–Crippen MR) is 91.3 cm³/mol. The van der Waals surface area contributed by atoms with E-state index in [1.54, 1.807) is 4.90 Å². The zero-order chi connectivity index (χ0) is 18.6. The molecule has 1 aromatic carbocycles. The van der Waals surface area contributed by atoms with Gasteiger partial charge in [-0.25, -0.2) is 8.42 Å². The zero-order valence-electron chi connectivity index (χ0n) is 14.0. The molecule has 25 heavy (non-hydrogen) atoms. The summed E-state index contributed by atoms with van der Waals surface area (Å²) in [5, 5.41) is 10.8. The molecule has 0 spiro atoms. The molecular formula is C15H22N4O5S. The monoisotopic (exact) mass is 370 g/mol. The van der Waals surface area contributed by atoms with Gasteiger partial charge in [-0.1, -0.05) is 6.07 Å². The van der Waals surface area contributed by atoms with E-state index in [9.17, 15) is 23.3 Å². The number of piperidine rings is 1. The molecule has 10 heteroatoms. The van der Waals surface area contributed by atoms with E-state index in [-0.39, 0.29) is 29.1 Å². The first-order chi connectivity index (χ1) is 11.8. The number of nitro groups is 1. The van der Waals surface area contributed by atoms with Crippen LogP contribution in [-0.4, -0.2) is 61.2 Å². The van der Waals surface area contributed by atoms with Crippen LogP contribution in [0.1, 0.15) is 19.3 Å². The fourth-order valence-electron chi connectivity index (χ4n) is 2.88. The second-order valence-electron chi connectivity index (χ2n) is 5.99. The van der Waals surface area contributed by atoms with Crippen molar-refractivity contribution in [1.82, 2.24) is 9.21 Å². The van der Waals surface area contributed by atoms with Crippen molar-refractivity contribution in [3.63, 3.8) is 0 Å². The molecule has 1 unspecified atom stereocenters. The van der Waals surface area contributed by atoms with E-state index in [1.165, 1.54) is 25.2 Å². The van der Waals surface area contributed by atoms with Gasteiger partial charge in [0, 0.05) is 38.3 Å². The number of non-ortho nitro benzene ring substituents is 1. The van der Waals surface area contributed by atoms with E-state index in [1.807, 2.05) is 0 Å². The molecule has 1 aliphatic rings. The van der Waals surface area contributed by atoms with Crippen molar-refractivity contribution in [3.05, 3.63) is 34.4 Å². The van der Waals surface area contributed by atoms with E-state index >= 15 is 0 Å². The minimum absolute atomic E-state index is 0.0739. The second-order valence-corrected chi connectivity index (χ2v) is 8.03. The summed E-state index contributed by atoms with van der Waals surface area (Å²) in [4.78, 5) is 24.1. The number of nitrogens with two attached hydrogens (primary N) is 1. The second kappa shape index (κ2) is 7.89. The third-order valence-corrected chi connectivity index (χ3v) is 6.11. The highest BCUT2D eigenvalue weighted by atomic mass is 32.2. The Morgan fingerprint density at radius 3 is 2.80 bits per heavy atom. The van der Waals surface area contributed by atoms with Crippen molar-refractivity contribution in [3.8, 4) is 0 Å². The summed E-state index contributed by atoms with van der Waals surface area (Å²) >= 11 is 0. The Bertz CT molecular complexity index is 752. The van der Waals surface area contributed by atoms with Gasteiger partial charge in [-0.2, -0.15) is 4.31 Å². The van der Waals surface area contributed by atoms with Gasteiger partial charge in [0.05, 0.1) is 16.4 Å². The smallest absolute Gasteiger partial charge is 0.270 e. The molecular weight excluding hydrogens is 348 g/mol. The quantitative estimate of drug-likeness (QED) is 0.576. The van der Waals surface area contributed by atoms with Crippen LogP contribution in [0, 0.1) is 10.1 Å². The lowest BCUT2D eigenvalue weighted by Crippen LogP contribution is -2.50. The van der Waals surface area contributed by atoms with Crippen LogP contribution in [0.5, 0.6) is 0 Å². The molecule has 1 aliphatic heterocycles. The summed E-state index contributed by atoms with van der Waals surface area (Å²) in [7, 11) is -2.72. The third kappa shape index (κ3) is 4.33. The lowest BCUT2D eigenvalue weighted by molar-refractivity contribution is -0.385. The number of rotatable bonds is 6. The number of nitrogens with zero attached hydrogens (tertiary/aromatic N) is 3. The molecule has 1 heterocycles. The lowest BCUT2D eigenvalue weighted by Gasteiger charge is -2.35. The largest absolute Gasteiger partial charge is 0.337 e. The maximum Gasteiger partial charge on any atom is 0.270 e. The Hall–Kier alpha value is -2.04. The van der Waals surface area contributed by atoms with Crippen LogP contribution >= 0.6 is 0 Å². The molecule has 1 amide bonds. The first-order valence-corrected chi connectivity index (χ1v) is 9.41. The molecule has 2 N–H and O–H groups in total. The van der Waals surface area contributed by atoms with E-state index in [4.69, 9.17) is 5.73 Å². The third-order valence-electron chi connectivity index (χ3n) is 4.31. The molecule has 0 saturated carbocycles. The van der Waals surface area contributed by atoms with E-state index < -0.39 is 14.9 Å². The predicted octanol–water partition coefficient (Wildman–Crippen LogP) is 0.555. The van der Waals surface area contributed by atoms with Gasteiger partial charge in [0.1, 0.15) is 0 Å². The standard InChI is InChI=1S/C15H22N4O5S/c1-17(11-15(20)18-8-3-2-5-13(18)10-16)25(23,24)14-7-4-6-12(9-14)19(21)22/h4,6-7,9,13H,2-3,5,8,10-11,16H2,1H3. The van der Waals surface area contributed by atoms with Crippen LogP contribution in [0.15, 0.2) is 29.2 Å². The van der Waals surface area contributed by atoms with Gasteiger partial charge in [0.15, 0.2) is 0 Å². The zero-order valence-corrected chi connectivity index (χ0v) is 14.8. The molecule has 0 radical (unpaired) electrons. The minimum atomic E-state index is -4.00. The average Bonchev–Trinajstić information content (AvgIpc) is 2.61. The van der Waals surface area contributed by atoms with E-state index in [0.717, 1.165) is 29.6 Å². The van der Waals surface area contributed by atoms with Gasteiger partial charge in [-0.15, -0.1) is 0 Å². The Morgan fingerprint density at radius 2 is 2.16 bits per heavy atom. The molecule has 1 aromatic rings. The minimum Gasteiger partial charge on any atom is -0.337 e. The normalized spacial score (nSPS) is 18.4. The lowest BCUT2D eigenvalue weighted by atomic mass is 10.0. The van der Waals surface area contributed by atoms with Gasteiger partial charge < -0.3 is 10.6 Å². The van der Waals surface area contributed by atoms with Crippen LogP contribution in [0.25, 0.3) is 0 Å². The number of nitro benzene ring substituents is 1. The van der Waals surface area contributed by atoms with Crippen molar-refractivity contribution in [2.75, 3.05) is 26.7 Å². The van der Waals surface area contributed by atoms with Crippen LogP contribution in [0.3, 0.4) is 0 Å². The van der Waals surface area contributed by atoms with Crippen LogP contribution in [-0.2, 0) is 14.8 Å². The average molecular weight is 370 g/mol. The molecule has 1 fully saturated rings. The molecule has 0 bridgehead atoms. The molecule has 2 rings (SSSR count). The SMILES string of the molecule is CN(CC(=O)N1CCCCC1CN)S(=O)(=O)c1cccc([N+](=O)[O-])c1. The Morgan fingerprint density at radius 1 is 1.44 bits per heavy atom. The number of carbonyl (C=O) groups is 1. The summed E-state index contributed by atoms with van der Waals surface area (Å²) in [6.45, 7) is 0.569. The molecule has 1 atom stereocenters. The van der Waals surface area contributed by atoms with Crippen LogP contribution in [0.4, 0.5) is 5.69 Å². The fraction of sp³-hybridized carbons (Fsp3) is 0.533. The summed E-state index contributed by atoms with van der Waals surface area (Å²) in [5.41, 5.74) is 5.38. The fourth-order valence-corrected chi connectivity index (χ4v) is 4.04. The number of hydrogen-bond donors (Lipinski definition) is 1. The number of likely N-dealkylation sites (tertiary alicyclic amines) is 1. The topological polar surface area (TPSA) is 127 Å². The van der Waals surface area contributed by atoms with Gasteiger partial charge in [0.25, 0.3) is 5.69 Å². The first-order valence-electron chi connectivity index (χ1n) is 7.97. The summed E-state index contributed by atoms with van der Waals surface area (Å²) < 4.78 is 26.1. The number of likely N-dealkylation sites (N-methyl/N-ethyl adjacent to an activating group) is 1. The van der Waals surface area contributed by atoms with Crippen molar-refractivity contribution >= 4 is 21.6 Å². The number of amides is 1. The maximum atomic E-state index is 12.6. The molecule has 9 nitrogen and oxygen atoms in total. The summed E-state index contributed by atoms with van der Waals surface area (Å²) in [6, 6.07) is 4.70. The first kappa shape index (κ1) is 19.3. The summed E-state index contributed by atoms with van der Waals surface area (Å²) in [6.07, 6.45) is 2.67. The molecule has 0 aliphatic carbocycles. The van der Waals surface area contributed by atoms with Crippen molar-refractivity contribution in [2.45, 2.75) is 30.2 Å². The molecule has 1 saturated heterocycles. The molecule has 0 aromatic heterocycles. The Balaban J connectivity index is 2.15. The van der Waals surface area contributed by atoms with Gasteiger partial charge in [-0.3, -0.25) is 14.9 Å². The highest BCUT2D eigenvalue weighted by Crippen LogP contribution is 2.21. The summed E-state index contributed by atoms with van der Waals surface area (Å²) in [5.74, 6) is -0.313. The molecule has 138 valence electrons. The van der Waals surface area contributed by atoms with Gasteiger partial charge >= 0.3 is 0 Å². The van der Waals surface area contributed by atoms with Crippen molar-refractivity contribution < 1.29 is 18.1 Å². The van der Waals surface area contributed by atoms with E-state index in [0.29, 0.717) is 13.1 Å². The Labute approximate surface area is 146 Å². The highest BCUT2D eigenvalue weighted by molar-refractivity contribution is 7.89. The van der Waals surface area contributed by atoms with Crippen LogP contribution < -0.4 is 5.73 Å². The maximum absolute atomic E-state index is 12.6. The van der Waals surface area contributed by atoms with Crippen LogP contribution in [0.2, 0.25) is 0 Å². The Kier molecular flexibility index (Phi) is 6.09. The van der Waals surface area contributed by atoms with Gasteiger partial charge in [0.2, 0.25) is 15.9 Å². The number of hydrogen-bond acceptors (Lipinski definition) is 6. The van der Waals surface area contributed by atoms with E-state index in [2.05, 4.69) is 0 Å². The van der Waals surface area contributed by atoms with Crippen molar-refractivity contribution in [2.24, 2.45) is 5.73 Å². The number of carbonyl (C=O) groups excluding carboxylic acids is 1. The van der Waals surface area contributed by atoms with Gasteiger partial charge in [-0.05, 0) is 25.3 Å².